The first-order chi connectivity index (χ1) is 17.3. The fourth-order valence-corrected chi connectivity index (χ4v) is 4.92. The normalized spacial score (nSPS) is 19.1. The van der Waals surface area contributed by atoms with E-state index in [-0.39, 0.29) is 35.0 Å². The van der Waals surface area contributed by atoms with E-state index < -0.39 is 0 Å². The Bertz CT molecular complexity index is 1250. The summed E-state index contributed by atoms with van der Waals surface area (Å²) in [5.41, 5.74) is 8.49. The van der Waals surface area contributed by atoms with E-state index in [0.29, 0.717) is 17.3 Å². The molecule has 0 unspecified atom stereocenters. The lowest BCUT2D eigenvalue weighted by atomic mass is 9.68. The zero-order valence-corrected chi connectivity index (χ0v) is 21.2. The van der Waals surface area contributed by atoms with Crippen molar-refractivity contribution in [3.05, 3.63) is 87.2 Å². The largest absolute Gasteiger partial charge is 0.483 e. The Balaban J connectivity index is 0.00000115. The first kappa shape index (κ1) is 27.1. The van der Waals surface area contributed by atoms with Gasteiger partial charge in [0.2, 0.25) is 0 Å². The van der Waals surface area contributed by atoms with Crippen LogP contribution in [0.4, 0.5) is 0 Å². The molecule has 1 aliphatic carbocycles. The lowest BCUT2D eigenvalue weighted by molar-refractivity contribution is -0.122. The molecule has 1 aliphatic rings. The van der Waals surface area contributed by atoms with Crippen LogP contribution in [0.2, 0.25) is 5.02 Å². The van der Waals surface area contributed by atoms with Gasteiger partial charge in [-0.2, -0.15) is 5.10 Å². The summed E-state index contributed by atoms with van der Waals surface area (Å²) < 4.78 is 1.53. The number of rotatable bonds is 5. The number of carboxylic acid groups (broad SMARTS) is 1. The zero-order chi connectivity index (χ0) is 26.3. The van der Waals surface area contributed by atoms with Gasteiger partial charge >= 0.3 is 0 Å². The molecule has 3 aromatic rings. The van der Waals surface area contributed by atoms with Gasteiger partial charge in [-0.25, -0.2) is 4.68 Å². The highest BCUT2D eigenvalue weighted by molar-refractivity contribution is 6.30. The van der Waals surface area contributed by atoms with Crippen LogP contribution < -0.4 is 11.3 Å². The standard InChI is InChI=1S/C26H29ClN4O2.CH2O2/c1-30(2)24(32)22-16-23(18-7-4-3-5-8-18)29-31(25(22)33)21-11-13-26(17-28,14-12-21)19-9-6-10-20(27)15-19;2-1-3/h3-10,15-16,21H,11-14,17,28H2,1-2H3;1H,(H,2,3). The highest BCUT2D eigenvalue weighted by Gasteiger charge is 2.37. The van der Waals surface area contributed by atoms with Crippen LogP contribution in [0.5, 0.6) is 0 Å². The number of amides is 1. The molecule has 1 heterocycles. The molecule has 0 spiro atoms. The Morgan fingerprint density at radius 2 is 1.81 bits per heavy atom. The van der Waals surface area contributed by atoms with Crippen molar-refractivity contribution in [2.75, 3.05) is 20.6 Å². The van der Waals surface area contributed by atoms with Crippen LogP contribution in [0.1, 0.15) is 47.6 Å². The molecule has 0 saturated heterocycles. The van der Waals surface area contributed by atoms with Crippen LogP contribution in [0.25, 0.3) is 11.3 Å². The number of carbonyl (C=O) groups is 2. The maximum atomic E-state index is 13.4. The lowest BCUT2D eigenvalue weighted by Crippen LogP contribution is -2.42. The summed E-state index contributed by atoms with van der Waals surface area (Å²) in [7, 11) is 3.30. The van der Waals surface area contributed by atoms with Crippen LogP contribution in [-0.4, -0.2) is 52.8 Å². The number of carbonyl (C=O) groups excluding carboxylic acids is 1. The minimum Gasteiger partial charge on any atom is -0.483 e. The zero-order valence-electron chi connectivity index (χ0n) is 20.4. The predicted molar refractivity (Wildman–Crippen MR) is 140 cm³/mol. The van der Waals surface area contributed by atoms with Crippen molar-refractivity contribution < 1.29 is 14.7 Å². The average molecular weight is 511 g/mol. The number of aromatic nitrogens is 2. The topological polar surface area (TPSA) is 119 Å². The number of benzene rings is 2. The Hall–Kier alpha value is -3.49. The summed E-state index contributed by atoms with van der Waals surface area (Å²) in [6, 6.07) is 19.0. The molecule has 8 nitrogen and oxygen atoms in total. The van der Waals surface area contributed by atoms with E-state index >= 15 is 0 Å². The van der Waals surface area contributed by atoms with Crippen molar-refractivity contribution in [1.29, 1.82) is 0 Å². The van der Waals surface area contributed by atoms with E-state index in [2.05, 4.69) is 6.07 Å². The molecule has 1 amide bonds. The minimum absolute atomic E-state index is 0.103. The Kier molecular flexibility index (Phi) is 9.01. The summed E-state index contributed by atoms with van der Waals surface area (Å²) in [5, 5.41) is 12.3. The van der Waals surface area contributed by atoms with E-state index in [9.17, 15) is 9.59 Å². The molecule has 9 heteroatoms. The molecule has 4 rings (SSSR count). The first-order valence-corrected chi connectivity index (χ1v) is 12.1. The SMILES string of the molecule is CN(C)C(=O)c1cc(-c2ccccc2)nn(C2CCC(CN)(c3cccc(Cl)c3)CC2)c1=O.O=CO. The number of nitrogens with zero attached hydrogens (tertiary/aromatic N) is 3. The summed E-state index contributed by atoms with van der Waals surface area (Å²) in [6.07, 6.45) is 3.11. The third-order valence-electron chi connectivity index (χ3n) is 6.73. The molecule has 0 radical (unpaired) electrons. The molecule has 0 aliphatic heterocycles. The molecular weight excluding hydrogens is 480 g/mol. The highest BCUT2D eigenvalue weighted by atomic mass is 35.5. The van der Waals surface area contributed by atoms with E-state index in [1.165, 1.54) is 9.58 Å². The van der Waals surface area contributed by atoms with Crippen molar-refractivity contribution in [2.24, 2.45) is 5.73 Å². The molecule has 3 N–H and O–H groups in total. The molecular formula is C27H31ClN4O4. The van der Waals surface area contributed by atoms with Gasteiger partial charge < -0.3 is 15.7 Å². The third-order valence-corrected chi connectivity index (χ3v) is 6.96. The second-order valence-electron chi connectivity index (χ2n) is 9.09. The van der Waals surface area contributed by atoms with Gasteiger partial charge in [0.15, 0.2) is 0 Å². The van der Waals surface area contributed by atoms with Crippen molar-refractivity contribution in [3.63, 3.8) is 0 Å². The van der Waals surface area contributed by atoms with Gasteiger partial charge in [0.05, 0.1) is 11.7 Å². The Morgan fingerprint density at radius 1 is 1.17 bits per heavy atom. The minimum atomic E-state index is -0.346. The van der Waals surface area contributed by atoms with E-state index in [1.54, 1.807) is 20.2 Å². The van der Waals surface area contributed by atoms with Crippen LogP contribution in [0, 0.1) is 0 Å². The van der Waals surface area contributed by atoms with E-state index in [4.69, 9.17) is 32.3 Å². The first-order valence-electron chi connectivity index (χ1n) is 11.7. The molecule has 1 fully saturated rings. The predicted octanol–water partition coefficient (Wildman–Crippen LogP) is 3.98. The Labute approximate surface area is 215 Å². The Morgan fingerprint density at radius 3 is 2.36 bits per heavy atom. The van der Waals surface area contributed by atoms with Crippen molar-refractivity contribution in [3.8, 4) is 11.3 Å². The number of hydrogen-bond donors (Lipinski definition) is 2. The van der Waals surface area contributed by atoms with Crippen LogP contribution in [0.15, 0.2) is 65.5 Å². The van der Waals surface area contributed by atoms with Gasteiger partial charge in [-0.15, -0.1) is 0 Å². The summed E-state index contributed by atoms with van der Waals surface area (Å²) >= 11 is 6.24. The summed E-state index contributed by atoms with van der Waals surface area (Å²) in [5.74, 6) is -0.320. The van der Waals surface area contributed by atoms with Gasteiger partial charge in [0, 0.05) is 36.6 Å². The molecule has 2 aromatic carbocycles. The van der Waals surface area contributed by atoms with Crippen molar-refractivity contribution in [1.82, 2.24) is 14.7 Å². The molecule has 190 valence electrons. The lowest BCUT2D eigenvalue weighted by Gasteiger charge is -2.40. The van der Waals surface area contributed by atoms with Crippen molar-refractivity contribution in [2.45, 2.75) is 37.1 Å². The molecule has 1 saturated carbocycles. The average Bonchev–Trinajstić information content (AvgIpc) is 2.89. The van der Waals surface area contributed by atoms with Crippen molar-refractivity contribution >= 4 is 24.0 Å². The second kappa shape index (κ2) is 12.0. The molecule has 1 aromatic heterocycles. The monoisotopic (exact) mass is 510 g/mol. The number of halogens is 1. The van der Waals surface area contributed by atoms with Crippen LogP contribution >= 0.6 is 11.6 Å². The van der Waals surface area contributed by atoms with Gasteiger partial charge in [0.25, 0.3) is 17.9 Å². The maximum Gasteiger partial charge on any atom is 0.290 e. The molecule has 0 atom stereocenters. The molecule has 0 bridgehead atoms. The fraction of sp³-hybridized carbons (Fsp3) is 0.333. The van der Waals surface area contributed by atoms with Gasteiger partial charge in [-0.3, -0.25) is 14.4 Å². The second-order valence-corrected chi connectivity index (χ2v) is 9.53. The number of hydrogen-bond acceptors (Lipinski definition) is 5. The van der Waals surface area contributed by atoms with Gasteiger partial charge in [-0.05, 0) is 49.4 Å². The fourth-order valence-electron chi connectivity index (χ4n) is 4.73. The molecule has 36 heavy (non-hydrogen) atoms. The number of nitrogens with two attached hydrogens (primary N) is 1. The highest BCUT2D eigenvalue weighted by Crippen LogP contribution is 2.42. The smallest absolute Gasteiger partial charge is 0.290 e. The van der Waals surface area contributed by atoms with Gasteiger partial charge in [-0.1, -0.05) is 54.1 Å². The third kappa shape index (κ3) is 5.83. The van der Waals surface area contributed by atoms with Crippen LogP contribution in [-0.2, 0) is 10.2 Å². The summed E-state index contributed by atoms with van der Waals surface area (Å²) in [6.45, 7) is 0.261. The van der Waals surface area contributed by atoms with Gasteiger partial charge in [0.1, 0.15) is 5.56 Å². The van der Waals surface area contributed by atoms with E-state index in [1.807, 2.05) is 48.5 Å². The quantitative estimate of drug-likeness (QED) is 0.501. The summed E-state index contributed by atoms with van der Waals surface area (Å²) in [4.78, 5) is 35.9. The maximum absolute atomic E-state index is 13.4. The van der Waals surface area contributed by atoms with Crippen LogP contribution in [0.3, 0.4) is 0 Å². The van der Waals surface area contributed by atoms with E-state index in [0.717, 1.165) is 36.8 Å².